The number of hydrogen-bond donors (Lipinski definition) is 0. The highest BCUT2D eigenvalue weighted by Gasteiger charge is 2.32. The van der Waals surface area contributed by atoms with Crippen LogP contribution in [0.4, 0.5) is 13.2 Å². The summed E-state index contributed by atoms with van der Waals surface area (Å²) in [5, 5.41) is 25.3. The third kappa shape index (κ3) is 7.92. The van der Waals surface area contributed by atoms with Gasteiger partial charge in [-0.25, -0.2) is 0 Å². The summed E-state index contributed by atoms with van der Waals surface area (Å²) >= 11 is 0. The number of halogens is 3. The maximum absolute atomic E-state index is 14.1. The zero-order chi connectivity index (χ0) is 49.0. The number of aromatic nitrogens is 2. The summed E-state index contributed by atoms with van der Waals surface area (Å²) in [5.41, 5.74) is 12.0. The standard InChI is InChI=1S/C61H57F3N4/c1-57(2,3)39-16-23-52-47(30-39)48-31-40(58(4,5)6)17-24-53(48)67(52)51-22-14-37(44-21-15-43(61(62,63)64)28-38(44)35-66)29-46(51)45-20-13-36(34-65)27-56(45)68-54-25-18-41(59(7,8)9)32-49(54)50-33-42(60(10,11)12)19-26-55(50)68/h13-33H,1-12H3. The minimum absolute atomic E-state index is 0.0773. The van der Waals surface area contributed by atoms with Gasteiger partial charge in [0, 0.05) is 32.7 Å². The first-order valence-electron chi connectivity index (χ1n) is 23.3. The molecule has 0 bridgehead atoms. The topological polar surface area (TPSA) is 57.4 Å². The predicted molar refractivity (Wildman–Crippen MR) is 275 cm³/mol. The molecule has 9 rings (SSSR count). The summed E-state index contributed by atoms with van der Waals surface area (Å²) in [5.74, 6) is 0. The minimum Gasteiger partial charge on any atom is -0.309 e. The molecular weight excluding hydrogens is 846 g/mol. The van der Waals surface area contributed by atoms with E-state index in [1.807, 2.05) is 36.4 Å². The molecule has 7 heteroatoms. The molecule has 4 nitrogen and oxygen atoms in total. The van der Waals surface area contributed by atoms with E-state index in [0.29, 0.717) is 16.7 Å². The Balaban J connectivity index is 1.43. The van der Waals surface area contributed by atoms with Gasteiger partial charge < -0.3 is 9.13 Å². The molecule has 2 aromatic heterocycles. The SMILES string of the molecule is CC(C)(C)c1ccc2c(c1)c1cc(C(C)(C)C)ccc1n2-c1ccc(-c2ccc(C(F)(F)F)cc2C#N)cc1-c1ccc(C#N)cc1-n1c2ccc(C(C)(C)C)cc2c2cc(C(C)(C)C)ccc21. The molecule has 0 saturated carbocycles. The Kier molecular flexibility index (Phi) is 10.7. The van der Waals surface area contributed by atoms with Crippen LogP contribution in [0.3, 0.4) is 0 Å². The molecule has 7 aromatic carbocycles. The highest BCUT2D eigenvalue weighted by Crippen LogP contribution is 2.45. The Bertz CT molecular complexity index is 3470. The molecule has 0 aliphatic carbocycles. The molecule has 68 heavy (non-hydrogen) atoms. The van der Waals surface area contributed by atoms with E-state index in [9.17, 15) is 23.7 Å². The Labute approximate surface area is 397 Å². The summed E-state index contributed by atoms with van der Waals surface area (Å²) in [6.45, 7) is 26.6. The smallest absolute Gasteiger partial charge is 0.309 e. The van der Waals surface area contributed by atoms with Crippen LogP contribution in [-0.2, 0) is 27.8 Å². The van der Waals surface area contributed by atoms with Gasteiger partial charge in [-0.05, 0) is 140 Å². The van der Waals surface area contributed by atoms with E-state index in [1.165, 1.54) is 28.3 Å². The van der Waals surface area contributed by atoms with Gasteiger partial charge in [-0.3, -0.25) is 0 Å². The van der Waals surface area contributed by atoms with Crippen LogP contribution in [0.25, 0.3) is 77.2 Å². The van der Waals surface area contributed by atoms with Crippen LogP contribution in [0.5, 0.6) is 0 Å². The summed E-state index contributed by atoms with van der Waals surface area (Å²) in [6.07, 6.45) is -4.61. The second-order valence-corrected chi connectivity index (χ2v) is 22.5. The number of alkyl halides is 3. The van der Waals surface area contributed by atoms with E-state index < -0.39 is 11.7 Å². The molecule has 0 fully saturated rings. The molecule has 2 heterocycles. The Morgan fingerprint density at radius 2 is 0.765 bits per heavy atom. The minimum atomic E-state index is -4.61. The first-order chi connectivity index (χ1) is 31.8. The van der Waals surface area contributed by atoms with Crippen molar-refractivity contribution in [2.45, 2.75) is 111 Å². The second-order valence-electron chi connectivity index (χ2n) is 22.5. The lowest BCUT2D eigenvalue weighted by molar-refractivity contribution is -0.137. The lowest BCUT2D eigenvalue weighted by atomic mass is 9.85. The molecule has 0 atom stereocenters. The molecule has 0 unspecified atom stereocenters. The number of nitrogens with zero attached hydrogens (tertiary/aromatic N) is 4. The van der Waals surface area contributed by atoms with Gasteiger partial charge in [0.05, 0.1) is 62.3 Å². The zero-order valence-electron chi connectivity index (χ0n) is 41.0. The van der Waals surface area contributed by atoms with Crippen LogP contribution in [0.2, 0.25) is 0 Å². The van der Waals surface area contributed by atoms with Gasteiger partial charge >= 0.3 is 6.18 Å². The molecule has 342 valence electrons. The first kappa shape index (κ1) is 46.0. The number of rotatable bonds is 4. The van der Waals surface area contributed by atoms with Crippen molar-refractivity contribution in [2.75, 3.05) is 0 Å². The second kappa shape index (κ2) is 15.7. The molecule has 0 aliphatic rings. The van der Waals surface area contributed by atoms with Crippen LogP contribution in [-0.4, -0.2) is 9.13 Å². The van der Waals surface area contributed by atoms with Crippen molar-refractivity contribution >= 4 is 43.6 Å². The average molecular weight is 903 g/mol. The van der Waals surface area contributed by atoms with Crippen molar-refractivity contribution in [1.82, 2.24) is 9.13 Å². The first-order valence-corrected chi connectivity index (χ1v) is 23.3. The summed E-state index contributed by atoms with van der Waals surface area (Å²) in [4.78, 5) is 0. The summed E-state index contributed by atoms with van der Waals surface area (Å²) in [6, 6.07) is 46.2. The lowest BCUT2D eigenvalue weighted by Gasteiger charge is -2.22. The van der Waals surface area contributed by atoms with E-state index in [2.05, 4.69) is 177 Å². The third-order valence-electron chi connectivity index (χ3n) is 13.7. The Morgan fingerprint density at radius 1 is 0.368 bits per heavy atom. The third-order valence-corrected chi connectivity index (χ3v) is 13.7. The van der Waals surface area contributed by atoms with Crippen LogP contribution < -0.4 is 0 Å². The molecule has 0 amide bonds. The zero-order valence-corrected chi connectivity index (χ0v) is 41.0. The van der Waals surface area contributed by atoms with Crippen LogP contribution in [0.1, 0.15) is 122 Å². The maximum atomic E-state index is 14.1. The number of nitriles is 2. The van der Waals surface area contributed by atoms with Gasteiger partial charge in [0.1, 0.15) is 0 Å². The van der Waals surface area contributed by atoms with E-state index in [4.69, 9.17) is 0 Å². The lowest BCUT2D eigenvalue weighted by Crippen LogP contribution is -2.10. The molecule has 0 radical (unpaired) electrons. The van der Waals surface area contributed by atoms with Gasteiger partial charge in [0.25, 0.3) is 0 Å². The monoisotopic (exact) mass is 902 g/mol. The fraction of sp³-hybridized carbons (Fsp3) is 0.279. The summed E-state index contributed by atoms with van der Waals surface area (Å²) in [7, 11) is 0. The highest BCUT2D eigenvalue weighted by molar-refractivity contribution is 6.12. The van der Waals surface area contributed by atoms with Gasteiger partial charge in [-0.15, -0.1) is 0 Å². The fourth-order valence-corrected chi connectivity index (χ4v) is 9.62. The molecular formula is C61H57F3N4. The summed E-state index contributed by atoms with van der Waals surface area (Å²) < 4.78 is 46.7. The van der Waals surface area contributed by atoms with Crippen molar-refractivity contribution in [2.24, 2.45) is 0 Å². The van der Waals surface area contributed by atoms with E-state index >= 15 is 0 Å². The molecule has 9 aromatic rings. The average Bonchev–Trinajstić information content (AvgIpc) is 3.78. The maximum Gasteiger partial charge on any atom is 0.416 e. The van der Waals surface area contributed by atoms with Crippen LogP contribution in [0.15, 0.2) is 127 Å². The van der Waals surface area contributed by atoms with Gasteiger partial charge in [-0.2, -0.15) is 23.7 Å². The number of benzene rings is 7. The predicted octanol–water partition coefficient (Wildman–Crippen LogP) is 17.2. The quantitative estimate of drug-likeness (QED) is 0.177. The van der Waals surface area contributed by atoms with E-state index in [1.54, 1.807) is 0 Å². The van der Waals surface area contributed by atoms with Crippen molar-refractivity contribution in [1.29, 1.82) is 10.5 Å². The van der Waals surface area contributed by atoms with Crippen molar-refractivity contribution in [3.8, 4) is 45.8 Å². The Morgan fingerprint density at radius 3 is 1.15 bits per heavy atom. The normalized spacial score (nSPS) is 12.9. The largest absolute Gasteiger partial charge is 0.416 e. The molecule has 0 spiro atoms. The van der Waals surface area contributed by atoms with Crippen LogP contribution in [0, 0.1) is 22.7 Å². The van der Waals surface area contributed by atoms with Crippen molar-refractivity contribution < 1.29 is 13.2 Å². The molecule has 0 saturated heterocycles. The van der Waals surface area contributed by atoms with Gasteiger partial charge in [0.15, 0.2) is 0 Å². The van der Waals surface area contributed by atoms with E-state index in [-0.39, 0.29) is 27.2 Å². The van der Waals surface area contributed by atoms with Crippen LogP contribution >= 0.6 is 0 Å². The van der Waals surface area contributed by atoms with Crippen molar-refractivity contribution in [3.05, 3.63) is 166 Å². The van der Waals surface area contributed by atoms with E-state index in [0.717, 1.165) is 78.2 Å². The highest BCUT2D eigenvalue weighted by atomic mass is 19.4. The molecule has 0 N–H and O–H groups in total. The van der Waals surface area contributed by atoms with Gasteiger partial charge in [-0.1, -0.05) is 126 Å². The van der Waals surface area contributed by atoms with Crippen molar-refractivity contribution in [3.63, 3.8) is 0 Å². The molecule has 0 aliphatic heterocycles. The number of fused-ring (bicyclic) bond motifs is 6. The fourth-order valence-electron chi connectivity index (χ4n) is 9.62. The van der Waals surface area contributed by atoms with Gasteiger partial charge in [0.2, 0.25) is 0 Å². The Hall–Kier alpha value is -7.09. The number of hydrogen-bond acceptors (Lipinski definition) is 2.